The van der Waals surface area contributed by atoms with Gasteiger partial charge in [-0.2, -0.15) is 0 Å². The molecule has 0 spiro atoms. The van der Waals surface area contributed by atoms with E-state index in [9.17, 15) is 0 Å². The Morgan fingerprint density at radius 3 is 2.18 bits per heavy atom. The van der Waals surface area contributed by atoms with Gasteiger partial charge in [0.2, 0.25) is 0 Å². The van der Waals surface area contributed by atoms with Crippen LogP contribution < -0.4 is 5.32 Å². The molecule has 0 bridgehead atoms. The van der Waals surface area contributed by atoms with Gasteiger partial charge in [0.15, 0.2) is 0 Å². The van der Waals surface area contributed by atoms with Gasteiger partial charge in [-0.25, -0.2) is 9.97 Å². The smallest absolute Gasteiger partial charge is 0.135 e. The molecule has 0 unspecified atom stereocenters. The van der Waals surface area contributed by atoms with E-state index in [0.29, 0.717) is 0 Å². The molecule has 0 amide bonds. The van der Waals surface area contributed by atoms with Crippen LogP contribution >= 0.6 is 0 Å². The van der Waals surface area contributed by atoms with Crippen LogP contribution in [0, 0.1) is 0 Å². The Bertz CT molecular complexity index is 1810. The van der Waals surface area contributed by atoms with Crippen molar-refractivity contribution in [3.8, 4) is 11.3 Å². The second kappa shape index (κ2) is 8.91. The van der Waals surface area contributed by atoms with Crippen molar-refractivity contribution in [3.63, 3.8) is 0 Å². The summed E-state index contributed by atoms with van der Waals surface area (Å²) >= 11 is 0. The van der Waals surface area contributed by atoms with Gasteiger partial charge in [-0.1, -0.05) is 80.6 Å². The van der Waals surface area contributed by atoms with E-state index in [1.54, 1.807) is 0 Å². The van der Waals surface area contributed by atoms with Crippen molar-refractivity contribution >= 4 is 38.4 Å². The molecule has 38 heavy (non-hydrogen) atoms. The Morgan fingerprint density at radius 2 is 1.39 bits per heavy atom. The molecule has 188 valence electrons. The van der Waals surface area contributed by atoms with E-state index in [4.69, 9.17) is 15.0 Å². The first-order valence-electron chi connectivity index (χ1n) is 13.1. The van der Waals surface area contributed by atoms with Crippen LogP contribution in [0.1, 0.15) is 45.9 Å². The van der Waals surface area contributed by atoms with Crippen molar-refractivity contribution < 1.29 is 0 Å². The second-order valence-corrected chi connectivity index (χ2v) is 11.6. The van der Waals surface area contributed by atoms with Crippen LogP contribution in [-0.2, 0) is 5.41 Å². The first-order valence-corrected chi connectivity index (χ1v) is 13.1. The minimum Gasteiger partial charge on any atom is -0.365 e. The van der Waals surface area contributed by atoms with Gasteiger partial charge in [0.05, 0.1) is 22.4 Å². The van der Waals surface area contributed by atoms with Crippen molar-refractivity contribution in [1.29, 1.82) is 0 Å². The molecule has 0 aliphatic carbocycles. The molecule has 3 aromatic heterocycles. The summed E-state index contributed by atoms with van der Waals surface area (Å²) in [5.41, 5.74) is 5.70. The summed E-state index contributed by atoms with van der Waals surface area (Å²) in [6.45, 7) is 10.9. The third kappa shape index (κ3) is 4.37. The van der Waals surface area contributed by atoms with Crippen LogP contribution in [0.25, 0.3) is 43.8 Å². The summed E-state index contributed by atoms with van der Waals surface area (Å²) in [4.78, 5) is 15.0. The highest BCUT2D eigenvalue weighted by Crippen LogP contribution is 2.36. The largest absolute Gasteiger partial charge is 0.365 e. The molecule has 0 radical (unpaired) electrons. The van der Waals surface area contributed by atoms with Gasteiger partial charge in [-0.3, -0.25) is 4.98 Å². The molecular weight excluding hydrogens is 464 g/mol. The van der Waals surface area contributed by atoms with Crippen LogP contribution in [0.4, 0.5) is 5.82 Å². The molecule has 6 aromatic rings. The minimum absolute atomic E-state index is 0.0935. The number of anilines is 1. The highest BCUT2D eigenvalue weighted by molar-refractivity contribution is 6.08. The maximum atomic E-state index is 5.23. The number of rotatable bonds is 4. The van der Waals surface area contributed by atoms with E-state index >= 15 is 0 Å². The predicted molar refractivity (Wildman–Crippen MR) is 160 cm³/mol. The fraction of sp³-hybridized carbons (Fsp3) is 0.206. The number of benzene rings is 3. The van der Waals surface area contributed by atoms with Crippen LogP contribution in [0.2, 0.25) is 0 Å². The molecule has 3 aromatic carbocycles. The number of hydrogen-bond acceptors (Lipinski definition) is 4. The van der Waals surface area contributed by atoms with Gasteiger partial charge in [0.1, 0.15) is 5.82 Å². The third-order valence-corrected chi connectivity index (χ3v) is 7.19. The number of fused-ring (bicyclic) bond motifs is 4. The zero-order chi connectivity index (χ0) is 26.5. The molecule has 6 rings (SSSR count). The van der Waals surface area contributed by atoms with E-state index in [-0.39, 0.29) is 11.0 Å². The fourth-order valence-corrected chi connectivity index (χ4v) is 5.07. The number of pyridine rings is 3. The average Bonchev–Trinajstić information content (AvgIpc) is 2.92. The van der Waals surface area contributed by atoms with Crippen LogP contribution in [0.5, 0.6) is 0 Å². The van der Waals surface area contributed by atoms with Gasteiger partial charge in [-0.15, -0.1) is 0 Å². The lowest BCUT2D eigenvalue weighted by molar-refractivity contribution is 0.620. The van der Waals surface area contributed by atoms with Gasteiger partial charge in [-0.05, 0) is 56.0 Å². The Kier molecular flexibility index (Phi) is 5.64. The summed E-state index contributed by atoms with van der Waals surface area (Å²) in [6.07, 6.45) is 1.95. The predicted octanol–water partition coefficient (Wildman–Crippen LogP) is 8.53. The van der Waals surface area contributed by atoms with Gasteiger partial charge in [0, 0.05) is 38.9 Å². The molecule has 4 heteroatoms. The third-order valence-electron chi connectivity index (χ3n) is 7.19. The molecule has 0 atom stereocenters. The van der Waals surface area contributed by atoms with Crippen molar-refractivity contribution in [1.82, 2.24) is 15.0 Å². The normalized spacial score (nSPS) is 12.3. The average molecular weight is 497 g/mol. The van der Waals surface area contributed by atoms with Crippen molar-refractivity contribution in [2.75, 3.05) is 5.32 Å². The molecule has 1 N–H and O–H groups in total. The van der Waals surface area contributed by atoms with Crippen molar-refractivity contribution in [2.24, 2.45) is 0 Å². The Labute approximate surface area is 223 Å². The zero-order valence-corrected chi connectivity index (χ0v) is 22.6. The summed E-state index contributed by atoms with van der Waals surface area (Å²) in [5, 5.41) is 8.11. The van der Waals surface area contributed by atoms with E-state index in [0.717, 1.165) is 50.0 Å². The lowest BCUT2D eigenvalue weighted by atomic mass is 9.80. The summed E-state index contributed by atoms with van der Waals surface area (Å²) in [5.74, 6) is 0.894. The Hall–Kier alpha value is -4.31. The van der Waals surface area contributed by atoms with Crippen molar-refractivity contribution in [2.45, 2.75) is 45.6 Å². The lowest BCUT2D eigenvalue weighted by Gasteiger charge is -2.26. The first-order chi connectivity index (χ1) is 18.2. The van der Waals surface area contributed by atoms with Crippen molar-refractivity contribution in [3.05, 3.63) is 108 Å². The van der Waals surface area contributed by atoms with Gasteiger partial charge >= 0.3 is 0 Å². The highest BCUT2D eigenvalue weighted by Gasteiger charge is 2.26. The monoisotopic (exact) mass is 496 g/mol. The standard InChI is InChI=1S/C34H32N4/c1-33(2,3)38-32-27-16-9-8-15-26(27)31-28(36-32)17-18-30(37-31)34(4,5)25-14-10-13-23(19-25)29-20-22-11-6-7-12-24(22)21-35-29/h6-21H,1-5H3,(H,36,38). The first kappa shape index (κ1) is 24.1. The van der Waals surface area contributed by atoms with Gasteiger partial charge < -0.3 is 5.32 Å². The lowest BCUT2D eigenvalue weighted by Crippen LogP contribution is -2.27. The Balaban J connectivity index is 1.44. The minimum atomic E-state index is -0.315. The molecule has 0 saturated carbocycles. The summed E-state index contributed by atoms with van der Waals surface area (Å²) in [7, 11) is 0. The fourth-order valence-electron chi connectivity index (χ4n) is 5.07. The molecule has 0 aliphatic heterocycles. The number of nitrogens with one attached hydrogen (secondary N) is 1. The molecule has 0 fully saturated rings. The van der Waals surface area contributed by atoms with E-state index in [2.05, 4.69) is 125 Å². The van der Waals surface area contributed by atoms with Crippen LogP contribution in [-0.4, -0.2) is 20.5 Å². The van der Waals surface area contributed by atoms with Crippen LogP contribution in [0.3, 0.4) is 0 Å². The maximum absolute atomic E-state index is 5.23. The quantitative estimate of drug-likeness (QED) is 0.248. The summed E-state index contributed by atoms with van der Waals surface area (Å²) in [6, 6.07) is 31.8. The van der Waals surface area contributed by atoms with Gasteiger partial charge in [0.25, 0.3) is 0 Å². The molecule has 0 saturated heterocycles. The molecular formula is C34H32N4. The number of hydrogen-bond donors (Lipinski definition) is 1. The molecule has 4 nitrogen and oxygen atoms in total. The SMILES string of the molecule is CC(C)(C)Nc1nc2ccc(C(C)(C)c3cccc(-c4cc5ccccc5cn4)c3)nc2c2ccccc12. The van der Waals surface area contributed by atoms with E-state index in [1.165, 1.54) is 10.9 Å². The second-order valence-electron chi connectivity index (χ2n) is 11.6. The number of nitrogens with zero attached hydrogens (tertiary/aromatic N) is 3. The maximum Gasteiger partial charge on any atom is 0.135 e. The molecule has 0 aliphatic rings. The van der Waals surface area contributed by atoms with Crippen LogP contribution in [0.15, 0.2) is 97.2 Å². The summed E-state index contributed by atoms with van der Waals surface area (Å²) < 4.78 is 0. The van der Waals surface area contributed by atoms with E-state index in [1.807, 2.05) is 12.3 Å². The zero-order valence-electron chi connectivity index (χ0n) is 22.6. The topological polar surface area (TPSA) is 50.7 Å². The highest BCUT2D eigenvalue weighted by atomic mass is 15.0. The number of aromatic nitrogens is 3. The van der Waals surface area contributed by atoms with E-state index < -0.39 is 0 Å². The Morgan fingerprint density at radius 1 is 0.658 bits per heavy atom. The molecule has 3 heterocycles.